The van der Waals surface area contributed by atoms with Crippen molar-refractivity contribution in [2.45, 2.75) is 32.7 Å². The van der Waals surface area contributed by atoms with E-state index in [-0.39, 0.29) is 29.7 Å². The number of nitrogens with zero attached hydrogens (tertiary/aromatic N) is 1. The lowest BCUT2D eigenvalue weighted by Gasteiger charge is -2.31. The second-order valence-electron chi connectivity index (χ2n) is 4.48. The molecule has 0 aliphatic carbocycles. The number of hydrogen-bond acceptors (Lipinski definition) is 2. The number of nitrogens with two attached hydrogens (primary N) is 1. The first-order valence-electron chi connectivity index (χ1n) is 4.42. The SMILES string of the molecule is CC(C)(C)N1CC(C(N)=O)CC1=O. The van der Waals surface area contributed by atoms with Crippen LogP contribution in [0.15, 0.2) is 0 Å². The number of carbonyl (C=O) groups excluding carboxylic acids is 2. The predicted octanol–water partition coefficient (Wildman–Crippen LogP) is 0.119. The highest BCUT2D eigenvalue weighted by Crippen LogP contribution is 2.25. The molecule has 0 radical (unpaired) electrons. The molecule has 1 unspecified atom stereocenters. The van der Waals surface area contributed by atoms with Crippen LogP contribution in [0, 0.1) is 5.92 Å². The van der Waals surface area contributed by atoms with E-state index in [4.69, 9.17) is 5.73 Å². The molecule has 1 aliphatic heterocycles. The average molecular weight is 184 g/mol. The van der Waals surface area contributed by atoms with E-state index in [9.17, 15) is 9.59 Å². The summed E-state index contributed by atoms with van der Waals surface area (Å²) in [6.45, 7) is 6.33. The molecule has 74 valence electrons. The van der Waals surface area contributed by atoms with Crippen LogP contribution < -0.4 is 5.73 Å². The smallest absolute Gasteiger partial charge is 0.223 e. The van der Waals surface area contributed by atoms with Crippen LogP contribution in [-0.2, 0) is 9.59 Å². The maximum absolute atomic E-state index is 11.5. The van der Waals surface area contributed by atoms with Crippen LogP contribution in [0.2, 0.25) is 0 Å². The van der Waals surface area contributed by atoms with Gasteiger partial charge >= 0.3 is 0 Å². The summed E-state index contributed by atoms with van der Waals surface area (Å²) >= 11 is 0. The van der Waals surface area contributed by atoms with E-state index in [2.05, 4.69) is 0 Å². The van der Waals surface area contributed by atoms with Gasteiger partial charge in [-0.25, -0.2) is 0 Å². The van der Waals surface area contributed by atoms with Gasteiger partial charge < -0.3 is 10.6 Å². The van der Waals surface area contributed by atoms with Crippen LogP contribution >= 0.6 is 0 Å². The van der Waals surface area contributed by atoms with Crippen LogP contribution in [0.5, 0.6) is 0 Å². The first kappa shape index (κ1) is 10.0. The molecule has 4 heteroatoms. The van der Waals surface area contributed by atoms with Gasteiger partial charge in [0.05, 0.1) is 5.92 Å². The Labute approximate surface area is 78.1 Å². The van der Waals surface area contributed by atoms with Gasteiger partial charge in [0.2, 0.25) is 11.8 Å². The molecular weight excluding hydrogens is 168 g/mol. The topological polar surface area (TPSA) is 63.4 Å². The van der Waals surface area contributed by atoms with E-state index in [0.717, 1.165) is 0 Å². The zero-order valence-corrected chi connectivity index (χ0v) is 8.33. The molecule has 0 aromatic carbocycles. The fourth-order valence-corrected chi connectivity index (χ4v) is 1.55. The maximum atomic E-state index is 11.5. The third-order valence-electron chi connectivity index (χ3n) is 2.34. The molecule has 1 fully saturated rings. The summed E-state index contributed by atoms with van der Waals surface area (Å²) in [7, 11) is 0. The molecule has 0 saturated carbocycles. The fourth-order valence-electron chi connectivity index (χ4n) is 1.55. The summed E-state index contributed by atoms with van der Waals surface area (Å²) < 4.78 is 0. The number of primary amides is 1. The van der Waals surface area contributed by atoms with E-state index in [1.54, 1.807) is 4.90 Å². The molecule has 0 aromatic rings. The van der Waals surface area contributed by atoms with Gasteiger partial charge in [-0.05, 0) is 20.8 Å². The van der Waals surface area contributed by atoms with E-state index in [1.807, 2.05) is 20.8 Å². The molecule has 1 atom stereocenters. The molecule has 0 bridgehead atoms. The lowest BCUT2D eigenvalue weighted by atomic mass is 10.1. The lowest BCUT2D eigenvalue weighted by Crippen LogP contribution is -2.42. The Hall–Kier alpha value is -1.06. The van der Waals surface area contributed by atoms with Gasteiger partial charge in [-0.2, -0.15) is 0 Å². The minimum Gasteiger partial charge on any atom is -0.369 e. The average Bonchev–Trinajstić information content (AvgIpc) is 2.29. The Morgan fingerprint density at radius 2 is 2.08 bits per heavy atom. The van der Waals surface area contributed by atoms with Crippen molar-refractivity contribution in [3.05, 3.63) is 0 Å². The van der Waals surface area contributed by atoms with Crippen LogP contribution in [0.4, 0.5) is 0 Å². The van der Waals surface area contributed by atoms with Crippen molar-refractivity contribution in [1.82, 2.24) is 4.90 Å². The Morgan fingerprint density at radius 1 is 1.54 bits per heavy atom. The van der Waals surface area contributed by atoms with Gasteiger partial charge in [0.25, 0.3) is 0 Å². The number of carbonyl (C=O) groups is 2. The molecule has 0 spiro atoms. The van der Waals surface area contributed by atoms with Gasteiger partial charge in [0.1, 0.15) is 0 Å². The highest BCUT2D eigenvalue weighted by Gasteiger charge is 2.38. The lowest BCUT2D eigenvalue weighted by molar-refractivity contribution is -0.131. The van der Waals surface area contributed by atoms with Gasteiger partial charge in [-0.3, -0.25) is 9.59 Å². The number of rotatable bonds is 1. The largest absolute Gasteiger partial charge is 0.369 e. The molecular formula is C9H16N2O2. The van der Waals surface area contributed by atoms with Crippen molar-refractivity contribution in [1.29, 1.82) is 0 Å². The van der Waals surface area contributed by atoms with E-state index < -0.39 is 0 Å². The highest BCUT2D eigenvalue weighted by molar-refractivity contribution is 5.88. The first-order valence-corrected chi connectivity index (χ1v) is 4.42. The molecule has 1 rings (SSSR count). The first-order chi connectivity index (χ1) is 5.82. The van der Waals surface area contributed by atoms with Gasteiger partial charge in [0.15, 0.2) is 0 Å². The molecule has 1 aliphatic rings. The molecule has 2 amide bonds. The Bertz CT molecular complexity index is 242. The Balaban J connectivity index is 2.73. The normalized spacial score (nSPS) is 23.8. The molecule has 1 saturated heterocycles. The van der Waals surface area contributed by atoms with E-state index in [1.165, 1.54) is 0 Å². The van der Waals surface area contributed by atoms with Crippen molar-refractivity contribution < 1.29 is 9.59 Å². The summed E-state index contributed by atoms with van der Waals surface area (Å²) in [5.74, 6) is -0.650. The predicted molar refractivity (Wildman–Crippen MR) is 48.8 cm³/mol. The van der Waals surface area contributed by atoms with Crippen molar-refractivity contribution in [2.75, 3.05) is 6.54 Å². The van der Waals surface area contributed by atoms with Crippen molar-refractivity contribution in [3.63, 3.8) is 0 Å². The quantitative estimate of drug-likeness (QED) is 0.629. The van der Waals surface area contributed by atoms with Crippen molar-refractivity contribution >= 4 is 11.8 Å². The summed E-state index contributed by atoms with van der Waals surface area (Å²) in [5.41, 5.74) is 4.94. The van der Waals surface area contributed by atoms with Crippen molar-refractivity contribution in [3.8, 4) is 0 Å². The third kappa shape index (κ3) is 1.99. The zero-order valence-electron chi connectivity index (χ0n) is 8.33. The molecule has 4 nitrogen and oxygen atoms in total. The molecule has 0 aromatic heterocycles. The summed E-state index contributed by atoms with van der Waals surface area (Å²) in [5, 5.41) is 0. The van der Waals surface area contributed by atoms with Crippen molar-refractivity contribution in [2.24, 2.45) is 11.7 Å². The summed E-state index contributed by atoms with van der Waals surface area (Å²) in [6.07, 6.45) is 0.270. The highest BCUT2D eigenvalue weighted by atomic mass is 16.2. The molecule has 13 heavy (non-hydrogen) atoms. The number of amides is 2. The Morgan fingerprint density at radius 3 is 2.31 bits per heavy atom. The van der Waals surface area contributed by atoms with Crippen LogP contribution in [-0.4, -0.2) is 28.8 Å². The minimum absolute atomic E-state index is 0.0244. The summed E-state index contributed by atoms with van der Waals surface area (Å²) in [4.78, 5) is 24.0. The van der Waals surface area contributed by atoms with Gasteiger partial charge in [-0.15, -0.1) is 0 Å². The second kappa shape index (κ2) is 3.01. The standard InChI is InChI=1S/C9H16N2O2/c1-9(2,3)11-5-6(8(10)13)4-7(11)12/h6H,4-5H2,1-3H3,(H2,10,13). The van der Waals surface area contributed by atoms with Gasteiger partial charge in [-0.1, -0.05) is 0 Å². The van der Waals surface area contributed by atoms with E-state index in [0.29, 0.717) is 6.54 Å². The van der Waals surface area contributed by atoms with Crippen LogP contribution in [0.3, 0.4) is 0 Å². The van der Waals surface area contributed by atoms with Gasteiger partial charge in [0, 0.05) is 18.5 Å². The monoisotopic (exact) mass is 184 g/mol. The molecule has 1 heterocycles. The maximum Gasteiger partial charge on any atom is 0.223 e. The Kier molecular flexibility index (Phi) is 2.32. The summed E-state index contributed by atoms with van der Waals surface area (Å²) in [6, 6.07) is 0. The van der Waals surface area contributed by atoms with Crippen LogP contribution in [0.25, 0.3) is 0 Å². The second-order valence-corrected chi connectivity index (χ2v) is 4.48. The minimum atomic E-state index is -0.375. The van der Waals surface area contributed by atoms with E-state index >= 15 is 0 Å². The fraction of sp³-hybridized carbons (Fsp3) is 0.778. The third-order valence-corrected chi connectivity index (χ3v) is 2.34. The number of hydrogen-bond donors (Lipinski definition) is 1. The molecule has 2 N–H and O–H groups in total. The zero-order chi connectivity index (χ0) is 10.2. The van der Waals surface area contributed by atoms with Crippen LogP contribution in [0.1, 0.15) is 27.2 Å². The number of likely N-dealkylation sites (tertiary alicyclic amines) is 1.